The molecule has 0 atom stereocenters. The molecule has 0 spiro atoms. The highest BCUT2D eigenvalue weighted by atomic mass is 32.2. The van der Waals surface area contributed by atoms with Crippen LogP contribution in [0.2, 0.25) is 0 Å². The van der Waals surface area contributed by atoms with Gasteiger partial charge in [0.2, 0.25) is 10.0 Å². The van der Waals surface area contributed by atoms with Crippen LogP contribution in [-0.4, -0.2) is 19.2 Å². The summed E-state index contributed by atoms with van der Waals surface area (Å²) in [6.45, 7) is 1.97. The average Bonchev–Trinajstić information content (AvgIpc) is 2.73. The van der Waals surface area contributed by atoms with E-state index in [0.717, 1.165) is 39.6 Å². The highest BCUT2D eigenvalue weighted by Gasteiger charge is 2.11. The molecule has 0 saturated heterocycles. The number of benzene rings is 3. The van der Waals surface area contributed by atoms with Crippen LogP contribution >= 0.6 is 0 Å². The third-order valence-electron chi connectivity index (χ3n) is 4.78. The Morgan fingerprint density at radius 2 is 1.34 bits per heavy atom. The molecule has 148 valence electrons. The van der Waals surface area contributed by atoms with Gasteiger partial charge in [0.25, 0.3) is 0 Å². The highest BCUT2D eigenvalue weighted by Crippen LogP contribution is 2.33. The van der Waals surface area contributed by atoms with Crippen LogP contribution in [0, 0.1) is 0 Å². The molecule has 0 unspecified atom stereocenters. The van der Waals surface area contributed by atoms with Crippen molar-refractivity contribution < 1.29 is 8.42 Å². The zero-order valence-electron chi connectivity index (χ0n) is 16.2. The first kappa shape index (κ1) is 19.2. The maximum absolute atomic E-state index is 12.1. The van der Waals surface area contributed by atoms with Crippen LogP contribution in [0.3, 0.4) is 0 Å². The second kappa shape index (κ2) is 8.09. The molecule has 1 aromatic heterocycles. The molecular formula is C23H23N3O2S. The largest absolute Gasteiger partial charge is 0.354 e. The monoisotopic (exact) mass is 405 g/mol. The van der Waals surface area contributed by atoms with Gasteiger partial charge in [-0.1, -0.05) is 49.7 Å². The number of pyridine rings is 1. The predicted molar refractivity (Wildman–Crippen MR) is 121 cm³/mol. The second-order valence-corrected chi connectivity index (χ2v) is 8.84. The first-order chi connectivity index (χ1) is 14.1. The Morgan fingerprint density at radius 3 is 1.93 bits per heavy atom. The lowest BCUT2D eigenvalue weighted by atomic mass is 10.1. The van der Waals surface area contributed by atoms with Crippen LogP contribution in [0.1, 0.15) is 19.8 Å². The van der Waals surface area contributed by atoms with Gasteiger partial charge < -0.3 is 5.32 Å². The molecule has 5 nitrogen and oxygen atoms in total. The van der Waals surface area contributed by atoms with E-state index in [2.05, 4.69) is 10.0 Å². The molecule has 0 fully saturated rings. The topological polar surface area (TPSA) is 71.1 Å². The average molecular weight is 406 g/mol. The molecule has 0 saturated carbocycles. The molecule has 2 N–H and O–H groups in total. The summed E-state index contributed by atoms with van der Waals surface area (Å²) < 4.78 is 26.8. The van der Waals surface area contributed by atoms with E-state index in [9.17, 15) is 8.42 Å². The fraction of sp³-hybridized carbons (Fsp3) is 0.174. The summed E-state index contributed by atoms with van der Waals surface area (Å²) in [4.78, 5) is 4.74. The van der Waals surface area contributed by atoms with Crippen molar-refractivity contribution in [2.75, 3.05) is 15.8 Å². The van der Waals surface area contributed by atoms with Gasteiger partial charge in [-0.3, -0.25) is 4.72 Å². The van der Waals surface area contributed by atoms with Crippen LogP contribution in [0.25, 0.3) is 21.8 Å². The summed E-state index contributed by atoms with van der Waals surface area (Å²) in [5.41, 5.74) is 4.28. The van der Waals surface area contributed by atoms with E-state index in [0.29, 0.717) is 12.1 Å². The lowest BCUT2D eigenvalue weighted by Crippen LogP contribution is -2.16. The first-order valence-electron chi connectivity index (χ1n) is 9.71. The van der Waals surface area contributed by atoms with E-state index in [1.165, 1.54) is 0 Å². The van der Waals surface area contributed by atoms with Crippen LogP contribution in [-0.2, 0) is 10.0 Å². The van der Waals surface area contributed by atoms with Gasteiger partial charge in [-0.05, 0) is 42.8 Å². The molecule has 0 radical (unpaired) electrons. The van der Waals surface area contributed by atoms with Crippen molar-refractivity contribution in [3.05, 3.63) is 72.8 Å². The number of aromatic nitrogens is 1. The number of unbranched alkanes of at least 4 members (excludes halogenated alkanes) is 1. The third-order valence-corrected chi connectivity index (χ3v) is 6.15. The summed E-state index contributed by atoms with van der Waals surface area (Å²) in [5.74, 6) is 0.137. The Bertz CT molecular complexity index is 1200. The van der Waals surface area contributed by atoms with E-state index in [1.807, 2.05) is 67.6 Å². The Kier molecular flexibility index (Phi) is 5.36. The predicted octanol–water partition coefficient (Wildman–Crippen LogP) is 5.67. The fourth-order valence-electron chi connectivity index (χ4n) is 3.31. The Morgan fingerprint density at radius 1 is 0.793 bits per heavy atom. The molecule has 4 rings (SSSR count). The smallest absolute Gasteiger partial charge is 0.232 e. The standard InChI is InChI=1S/C23H23N3O2S/c1-2-3-16-29(27,28)26-18-14-12-17(13-15-18)24-23-19-8-4-6-10-21(19)25-22-11-7-5-9-20(22)23/h4-15,26H,2-3,16H2,1H3,(H,24,25). The van der Waals surface area contributed by atoms with Crippen molar-refractivity contribution in [1.82, 2.24) is 4.98 Å². The number of rotatable bonds is 7. The molecule has 6 heteroatoms. The van der Waals surface area contributed by atoms with Crippen LogP contribution < -0.4 is 10.0 Å². The molecule has 0 amide bonds. The van der Waals surface area contributed by atoms with Gasteiger partial charge in [-0.2, -0.15) is 0 Å². The van der Waals surface area contributed by atoms with Gasteiger partial charge in [-0.25, -0.2) is 13.4 Å². The molecule has 0 aliphatic carbocycles. The first-order valence-corrected chi connectivity index (χ1v) is 11.4. The summed E-state index contributed by atoms with van der Waals surface area (Å²) in [6, 6.07) is 23.4. The van der Waals surface area contributed by atoms with Crippen LogP contribution in [0.15, 0.2) is 72.8 Å². The minimum atomic E-state index is -3.30. The number of hydrogen-bond acceptors (Lipinski definition) is 4. The van der Waals surface area contributed by atoms with Crippen molar-refractivity contribution in [1.29, 1.82) is 0 Å². The summed E-state index contributed by atoms with van der Waals surface area (Å²) in [5, 5.41) is 5.57. The van der Waals surface area contributed by atoms with Gasteiger partial charge in [0, 0.05) is 22.1 Å². The van der Waals surface area contributed by atoms with E-state index in [-0.39, 0.29) is 5.75 Å². The van der Waals surface area contributed by atoms with Gasteiger partial charge in [0.15, 0.2) is 0 Å². The maximum atomic E-state index is 12.1. The molecule has 4 aromatic rings. The van der Waals surface area contributed by atoms with Gasteiger partial charge in [0.05, 0.1) is 22.5 Å². The van der Waals surface area contributed by atoms with Crippen molar-refractivity contribution in [3.8, 4) is 0 Å². The fourth-order valence-corrected chi connectivity index (χ4v) is 4.57. The van der Waals surface area contributed by atoms with Crippen LogP contribution in [0.5, 0.6) is 0 Å². The number of nitrogens with zero attached hydrogens (tertiary/aromatic N) is 1. The zero-order valence-corrected chi connectivity index (χ0v) is 17.0. The minimum Gasteiger partial charge on any atom is -0.354 e. The van der Waals surface area contributed by atoms with Crippen molar-refractivity contribution in [3.63, 3.8) is 0 Å². The Labute approximate surface area is 170 Å². The molecule has 1 heterocycles. The van der Waals surface area contributed by atoms with E-state index < -0.39 is 10.0 Å². The lowest BCUT2D eigenvalue weighted by Gasteiger charge is -2.14. The molecule has 0 bridgehead atoms. The zero-order chi connectivity index (χ0) is 20.3. The van der Waals surface area contributed by atoms with E-state index in [4.69, 9.17) is 4.98 Å². The Balaban J connectivity index is 1.65. The lowest BCUT2D eigenvalue weighted by molar-refractivity contribution is 0.598. The SMILES string of the molecule is CCCCS(=O)(=O)Nc1ccc(Nc2c3ccccc3nc3ccccc23)cc1. The summed E-state index contributed by atoms with van der Waals surface area (Å²) >= 11 is 0. The number of fused-ring (bicyclic) bond motifs is 2. The van der Waals surface area contributed by atoms with Crippen molar-refractivity contribution in [2.24, 2.45) is 0 Å². The maximum Gasteiger partial charge on any atom is 0.232 e. The number of hydrogen-bond donors (Lipinski definition) is 2. The molecular weight excluding hydrogens is 382 g/mol. The van der Waals surface area contributed by atoms with Crippen molar-refractivity contribution >= 4 is 48.9 Å². The number of para-hydroxylation sites is 2. The minimum absolute atomic E-state index is 0.137. The van der Waals surface area contributed by atoms with Gasteiger partial charge in [-0.15, -0.1) is 0 Å². The van der Waals surface area contributed by atoms with E-state index >= 15 is 0 Å². The molecule has 3 aromatic carbocycles. The molecule has 0 aliphatic rings. The summed E-state index contributed by atoms with van der Waals surface area (Å²) in [6.07, 6.45) is 1.49. The van der Waals surface area contributed by atoms with E-state index in [1.54, 1.807) is 12.1 Å². The van der Waals surface area contributed by atoms with Crippen LogP contribution in [0.4, 0.5) is 17.1 Å². The van der Waals surface area contributed by atoms with Gasteiger partial charge >= 0.3 is 0 Å². The molecule has 29 heavy (non-hydrogen) atoms. The second-order valence-electron chi connectivity index (χ2n) is 7.00. The van der Waals surface area contributed by atoms with Gasteiger partial charge in [0.1, 0.15) is 0 Å². The summed E-state index contributed by atoms with van der Waals surface area (Å²) in [7, 11) is -3.30. The van der Waals surface area contributed by atoms with Crippen molar-refractivity contribution in [2.45, 2.75) is 19.8 Å². The Hall–Kier alpha value is -3.12. The third kappa shape index (κ3) is 4.32. The molecule has 0 aliphatic heterocycles. The highest BCUT2D eigenvalue weighted by molar-refractivity contribution is 7.92. The number of anilines is 3. The quantitative estimate of drug-likeness (QED) is 0.388. The number of sulfonamides is 1. The number of nitrogens with one attached hydrogen (secondary N) is 2. The normalized spacial score (nSPS) is 11.6.